The lowest BCUT2D eigenvalue weighted by Crippen LogP contribution is -2.14. The summed E-state index contributed by atoms with van der Waals surface area (Å²) in [7, 11) is 1.52. The molecule has 0 spiro atoms. The zero-order valence-corrected chi connectivity index (χ0v) is 11.6. The van der Waals surface area contributed by atoms with Crippen LogP contribution < -0.4 is 14.8 Å². The number of ether oxygens (including phenoxy) is 2. The second-order valence-electron chi connectivity index (χ2n) is 4.06. The van der Waals surface area contributed by atoms with Crippen LogP contribution in [0.1, 0.15) is 22.8 Å². The van der Waals surface area contributed by atoms with Crippen LogP contribution in [0.5, 0.6) is 11.8 Å². The van der Waals surface area contributed by atoms with E-state index in [0.29, 0.717) is 17.9 Å². The summed E-state index contributed by atoms with van der Waals surface area (Å²) < 4.78 is 10.3. The van der Waals surface area contributed by atoms with E-state index < -0.39 is 0 Å². The van der Waals surface area contributed by atoms with E-state index in [-0.39, 0.29) is 17.9 Å². The number of nitrogens with one attached hydrogen (secondary N) is 2. The highest BCUT2D eigenvalue weighted by molar-refractivity contribution is 6.05. The molecule has 0 bridgehead atoms. The minimum absolute atomic E-state index is 0.194. The Hall–Kier alpha value is -2.57. The summed E-state index contributed by atoms with van der Waals surface area (Å²) in [5.74, 6) is 0.393. The molecule has 0 saturated heterocycles. The number of methoxy groups -OCH3 is 1. The van der Waals surface area contributed by atoms with Crippen LogP contribution in [0.15, 0.2) is 18.2 Å². The molecule has 1 amide bonds. The Morgan fingerprint density at radius 2 is 2.25 bits per heavy atom. The number of amides is 1. The van der Waals surface area contributed by atoms with Crippen molar-refractivity contribution in [3.05, 3.63) is 29.3 Å². The van der Waals surface area contributed by atoms with E-state index in [1.54, 1.807) is 12.1 Å². The van der Waals surface area contributed by atoms with Gasteiger partial charge in [0.1, 0.15) is 5.75 Å². The number of carbonyl (C=O) groups is 1. The minimum Gasteiger partial charge on any atom is -0.496 e. The number of rotatable bonds is 5. The van der Waals surface area contributed by atoms with Crippen LogP contribution in [0.3, 0.4) is 0 Å². The van der Waals surface area contributed by atoms with Gasteiger partial charge in [0.05, 0.1) is 19.3 Å². The third-order valence-electron chi connectivity index (χ3n) is 2.57. The number of aromatic amines is 1. The molecule has 2 aromatic rings. The average Bonchev–Trinajstić information content (AvgIpc) is 2.86. The van der Waals surface area contributed by atoms with Gasteiger partial charge in [0.2, 0.25) is 5.95 Å². The predicted molar refractivity (Wildman–Crippen MR) is 73.2 cm³/mol. The van der Waals surface area contributed by atoms with Crippen LogP contribution in [0.4, 0.5) is 5.95 Å². The molecule has 106 valence electrons. The molecule has 7 nitrogen and oxygen atoms in total. The fourth-order valence-electron chi connectivity index (χ4n) is 1.67. The van der Waals surface area contributed by atoms with E-state index in [1.165, 1.54) is 7.11 Å². The quantitative estimate of drug-likeness (QED) is 0.868. The maximum absolute atomic E-state index is 12.2. The molecule has 1 aromatic carbocycles. The van der Waals surface area contributed by atoms with Crippen LogP contribution >= 0.6 is 0 Å². The van der Waals surface area contributed by atoms with Crippen LogP contribution in [-0.4, -0.2) is 34.8 Å². The lowest BCUT2D eigenvalue weighted by molar-refractivity contribution is 0.102. The van der Waals surface area contributed by atoms with Gasteiger partial charge in [0.25, 0.3) is 5.91 Å². The van der Waals surface area contributed by atoms with Gasteiger partial charge < -0.3 is 9.47 Å². The Bertz CT molecular complexity index is 609. The Morgan fingerprint density at radius 3 is 2.95 bits per heavy atom. The van der Waals surface area contributed by atoms with Crippen LogP contribution in [-0.2, 0) is 0 Å². The van der Waals surface area contributed by atoms with Crippen molar-refractivity contribution >= 4 is 11.9 Å². The Morgan fingerprint density at radius 1 is 1.45 bits per heavy atom. The molecule has 1 heterocycles. The van der Waals surface area contributed by atoms with E-state index in [4.69, 9.17) is 9.47 Å². The molecule has 2 rings (SSSR count). The molecule has 0 radical (unpaired) electrons. The van der Waals surface area contributed by atoms with E-state index in [9.17, 15) is 4.79 Å². The highest BCUT2D eigenvalue weighted by Crippen LogP contribution is 2.20. The highest BCUT2D eigenvalue weighted by Gasteiger charge is 2.14. The van der Waals surface area contributed by atoms with Gasteiger partial charge in [-0.2, -0.15) is 4.98 Å². The molecular formula is C13H16N4O3. The summed E-state index contributed by atoms with van der Waals surface area (Å²) in [6.07, 6.45) is 0. The predicted octanol–water partition coefficient (Wildman–Crippen LogP) is 1.77. The zero-order chi connectivity index (χ0) is 14.5. The normalized spacial score (nSPS) is 10.2. The lowest BCUT2D eigenvalue weighted by Gasteiger charge is -2.08. The molecule has 0 fully saturated rings. The van der Waals surface area contributed by atoms with Crippen LogP contribution in [0.2, 0.25) is 0 Å². The maximum Gasteiger partial charge on any atom is 0.337 e. The summed E-state index contributed by atoms with van der Waals surface area (Å²) in [5, 5.41) is 9.00. The Labute approximate surface area is 116 Å². The Balaban J connectivity index is 2.16. The number of carbonyl (C=O) groups excluding carboxylic acids is 1. The first-order valence-corrected chi connectivity index (χ1v) is 6.15. The summed E-state index contributed by atoms with van der Waals surface area (Å²) in [6, 6.07) is 5.56. The SMILES string of the molecule is CCOc1n[nH]c(NC(=O)c2cc(C)ccc2OC)n1. The first kappa shape index (κ1) is 13.9. The fourth-order valence-corrected chi connectivity index (χ4v) is 1.67. The van der Waals surface area contributed by atoms with Crippen molar-refractivity contribution in [3.8, 4) is 11.8 Å². The van der Waals surface area contributed by atoms with Gasteiger partial charge in [-0.1, -0.05) is 11.6 Å². The first-order chi connectivity index (χ1) is 9.63. The van der Waals surface area contributed by atoms with Crippen LogP contribution in [0, 0.1) is 6.92 Å². The van der Waals surface area contributed by atoms with Crippen LogP contribution in [0.25, 0.3) is 0 Å². The fraction of sp³-hybridized carbons (Fsp3) is 0.308. The van der Waals surface area contributed by atoms with Crippen molar-refractivity contribution in [2.75, 3.05) is 19.0 Å². The topological polar surface area (TPSA) is 89.1 Å². The second kappa shape index (κ2) is 6.05. The van der Waals surface area contributed by atoms with E-state index >= 15 is 0 Å². The molecule has 2 N–H and O–H groups in total. The molecule has 0 unspecified atom stereocenters. The second-order valence-corrected chi connectivity index (χ2v) is 4.06. The number of aryl methyl sites for hydroxylation is 1. The van der Waals surface area contributed by atoms with Gasteiger partial charge in [0, 0.05) is 0 Å². The number of H-pyrrole nitrogens is 1. The third kappa shape index (κ3) is 3.05. The molecule has 1 aromatic heterocycles. The van der Waals surface area contributed by atoms with E-state index in [1.807, 2.05) is 19.9 Å². The first-order valence-electron chi connectivity index (χ1n) is 6.15. The molecule has 0 atom stereocenters. The summed E-state index contributed by atoms with van der Waals surface area (Å²) >= 11 is 0. The van der Waals surface area contributed by atoms with Crippen molar-refractivity contribution in [3.63, 3.8) is 0 Å². The van der Waals surface area contributed by atoms with Gasteiger partial charge in [0.15, 0.2) is 0 Å². The average molecular weight is 276 g/mol. The largest absolute Gasteiger partial charge is 0.496 e. The number of anilines is 1. The number of hydrogen-bond acceptors (Lipinski definition) is 5. The number of benzene rings is 1. The maximum atomic E-state index is 12.2. The van der Waals surface area contributed by atoms with Gasteiger partial charge in [-0.3, -0.25) is 10.1 Å². The van der Waals surface area contributed by atoms with Gasteiger partial charge >= 0.3 is 6.01 Å². The van der Waals surface area contributed by atoms with E-state index in [0.717, 1.165) is 5.56 Å². The summed E-state index contributed by atoms with van der Waals surface area (Å²) in [6.45, 7) is 4.18. The molecule has 0 aliphatic heterocycles. The van der Waals surface area contributed by atoms with Crippen molar-refractivity contribution in [1.82, 2.24) is 15.2 Å². The summed E-state index contributed by atoms with van der Waals surface area (Å²) in [4.78, 5) is 16.2. The van der Waals surface area contributed by atoms with Crippen molar-refractivity contribution in [2.45, 2.75) is 13.8 Å². The zero-order valence-electron chi connectivity index (χ0n) is 11.6. The molecule has 20 heavy (non-hydrogen) atoms. The van der Waals surface area contributed by atoms with Crippen molar-refractivity contribution in [2.24, 2.45) is 0 Å². The van der Waals surface area contributed by atoms with Crippen molar-refractivity contribution < 1.29 is 14.3 Å². The number of hydrogen-bond donors (Lipinski definition) is 2. The number of aromatic nitrogens is 3. The van der Waals surface area contributed by atoms with Gasteiger partial charge in [-0.05, 0) is 26.0 Å². The Kier molecular flexibility index (Phi) is 4.19. The minimum atomic E-state index is -0.329. The smallest absolute Gasteiger partial charge is 0.337 e. The molecular weight excluding hydrogens is 260 g/mol. The number of nitrogens with zero attached hydrogens (tertiary/aromatic N) is 2. The van der Waals surface area contributed by atoms with Crippen molar-refractivity contribution in [1.29, 1.82) is 0 Å². The molecule has 0 saturated carbocycles. The standard InChI is InChI=1S/C13H16N4O3/c1-4-20-13-15-12(16-17-13)14-11(18)9-7-8(2)5-6-10(9)19-3/h5-7H,4H2,1-3H3,(H2,14,15,16,17,18). The van der Waals surface area contributed by atoms with E-state index in [2.05, 4.69) is 20.5 Å². The highest BCUT2D eigenvalue weighted by atomic mass is 16.5. The lowest BCUT2D eigenvalue weighted by atomic mass is 10.1. The van der Waals surface area contributed by atoms with Gasteiger partial charge in [-0.25, -0.2) is 5.10 Å². The molecule has 0 aliphatic rings. The molecule has 0 aliphatic carbocycles. The summed E-state index contributed by atoms with van der Waals surface area (Å²) in [5.41, 5.74) is 1.39. The third-order valence-corrected chi connectivity index (χ3v) is 2.57. The van der Waals surface area contributed by atoms with Gasteiger partial charge in [-0.15, -0.1) is 5.10 Å². The monoisotopic (exact) mass is 276 g/mol. The molecule has 7 heteroatoms.